The maximum absolute atomic E-state index is 12.5. The number of hydrogen-bond acceptors (Lipinski definition) is 2. The number of carbonyl (C=O) groups excluding carboxylic acids is 1. The molecule has 0 aromatic heterocycles. The molecular weight excluding hydrogens is 364 g/mol. The van der Waals surface area contributed by atoms with Crippen molar-refractivity contribution in [1.82, 2.24) is 0 Å². The summed E-state index contributed by atoms with van der Waals surface area (Å²) >= 11 is 3.48. The maximum Gasteiger partial charge on any atom is 0.311 e. The van der Waals surface area contributed by atoms with Crippen LogP contribution in [0, 0.1) is 29.6 Å². The summed E-state index contributed by atoms with van der Waals surface area (Å²) in [6.07, 6.45) is 10.6. The van der Waals surface area contributed by atoms with Crippen molar-refractivity contribution in [2.75, 3.05) is 0 Å². The van der Waals surface area contributed by atoms with E-state index in [0.717, 1.165) is 10.0 Å². The Morgan fingerprint density at radius 2 is 2.04 bits per heavy atom. The first kappa shape index (κ1) is 18.5. The number of benzene rings is 1. The largest absolute Gasteiger partial charge is 0.445 e. The Hall–Kier alpha value is -1.79. The van der Waals surface area contributed by atoms with E-state index in [1.807, 2.05) is 44.2 Å². The molecule has 24 heavy (non-hydrogen) atoms. The van der Waals surface area contributed by atoms with Gasteiger partial charge in [0.15, 0.2) is 6.10 Å². The van der Waals surface area contributed by atoms with Gasteiger partial charge in [-0.1, -0.05) is 71.6 Å². The molecule has 0 saturated heterocycles. The Kier molecular flexibility index (Phi) is 5.72. The standard InChI is InChI=1S/C21H23BrO2/c1-6-16(12-11-15-9-7-8-10-18(15)22)24-20(23)19-17(13-14(2)3)21(19,4)5/h1,7-13,16-17,19H,2-5H3/b12-11+. The van der Waals surface area contributed by atoms with Gasteiger partial charge in [0, 0.05) is 4.47 Å². The molecule has 1 saturated carbocycles. The zero-order chi connectivity index (χ0) is 17.9. The molecule has 2 nitrogen and oxygen atoms in total. The van der Waals surface area contributed by atoms with Gasteiger partial charge < -0.3 is 4.74 Å². The fourth-order valence-corrected chi connectivity index (χ4v) is 3.34. The van der Waals surface area contributed by atoms with Gasteiger partial charge in [-0.15, -0.1) is 6.42 Å². The lowest BCUT2D eigenvalue weighted by molar-refractivity contribution is -0.147. The van der Waals surface area contributed by atoms with E-state index in [0.29, 0.717) is 0 Å². The average molecular weight is 387 g/mol. The van der Waals surface area contributed by atoms with E-state index in [4.69, 9.17) is 11.2 Å². The highest BCUT2D eigenvalue weighted by molar-refractivity contribution is 9.10. The minimum absolute atomic E-state index is 0.0698. The van der Waals surface area contributed by atoms with Gasteiger partial charge in [-0.25, -0.2) is 0 Å². The molecule has 1 aromatic carbocycles. The van der Waals surface area contributed by atoms with Crippen LogP contribution in [0.2, 0.25) is 0 Å². The Morgan fingerprint density at radius 3 is 2.62 bits per heavy atom. The first-order valence-electron chi connectivity index (χ1n) is 8.01. The van der Waals surface area contributed by atoms with Gasteiger partial charge in [0.25, 0.3) is 0 Å². The topological polar surface area (TPSA) is 26.3 Å². The Balaban J connectivity index is 2.04. The van der Waals surface area contributed by atoms with Crippen molar-refractivity contribution >= 4 is 28.0 Å². The molecule has 1 aliphatic carbocycles. The minimum atomic E-state index is -0.659. The van der Waals surface area contributed by atoms with Crippen LogP contribution in [-0.2, 0) is 9.53 Å². The third-order valence-corrected chi connectivity index (χ3v) is 5.16. The van der Waals surface area contributed by atoms with Gasteiger partial charge in [0.1, 0.15) is 0 Å². The van der Waals surface area contributed by atoms with Crippen molar-refractivity contribution in [1.29, 1.82) is 0 Å². The summed E-state index contributed by atoms with van der Waals surface area (Å²) in [6, 6.07) is 7.80. The van der Waals surface area contributed by atoms with Crippen molar-refractivity contribution in [3.05, 3.63) is 52.0 Å². The summed E-state index contributed by atoms with van der Waals surface area (Å²) < 4.78 is 6.49. The number of rotatable bonds is 5. The lowest BCUT2D eigenvalue weighted by atomic mass is 10.1. The predicted octanol–water partition coefficient (Wildman–Crippen LogP) is 5.25. The SMILES string of the molecule is C#CC(/C=C/c1ccccc1Br)OC(=O)C1C(C=C(C)C)C1(C)C. The molecule has 0 spiro atoms. The van der Waals surface area contributed by atoms with Crippen molar-refractivity contribution in [2.45, 2.75) is 33.8 Å². The molecule has 1 aliphatic rings. The normalized spacial score (nSPS) is 22.5. The van der Waals surface area contributed by atoms with E-state index in [2.05, 4.69) is 41.8 Å². The molecule has 0 bridgehead atoms. The third-order valence-electron chi connectivity index (χ3n) is 4.44. The van der Waals surface area contributed by atoms with Crippen molar-refractivity contribution in [2.24, 2.45) is 17.3 Å². The second kappa shape index (κ2) is 7.40. The third kappa shape index (κ3) is 4.19. The molecule has 3 unspecified atom stereocenters. The van der Waals surface area contributed by atoms with Crippen LogP contribution in [0.3, 0.4) is 0 Å². The highest BCUT2D eigenvalue weighted by Gasteiger charge is 2.61. The number of halogens is 1. The van der Waals surface area contributed by atoms with Crippen LogP contribution in [0.4, 0.5) is 0 Å². The van der Waals surface area contributed by atoms with Crippen LogP contribution in [0.15, 0.2) is 46.5 Å². The number of carbonyl (C=O) groups is 1. The Bertz CT molecular complexity index is 718. The summed E-state index contributed by atoms with van der Waals surface area (Å²) in [4.78, 5) is 12.5. The highest BCUT2D eigenvalue weighted by Crippen LogP contribution is 2.59. The van der Waals surface area contributed by atoms with Crippen LogP contribution >= 0.6 is 15.9 Å². The monoisotopic (exact) mass is 386 g/mol. The van der Waals surface area contributed by atoms with Gasteiger partial charge >= 0.3 is 5.97 Å². The molecule has 3 atom stereocenters. The number of esters is 1. The lowest BCUT2D eigenvalue weighted by Gasteiger charge is -2.09. The molecule has 0 amide bonds. The molecular formula is C21H23BrO2. The van der Waals surface area contributed by atoms with Gasteiger partial charge in [0.2, 0.25) is 0 Å². The van der Waals surface area contributed by atoms with E-state index >= 15 is 0 Å². The molecule has 0 N–H and O–H groups in total. The second-order valence-corrected chi connectivity index (χ2v) is 7.83. The highest BCUT2D eigenvalue weighted by atomic mass is 79.9. The Labute approximate surface area is 153 Å². The Morgan fingerprint density at radius 1 is 1.38 bits per heavy atom. The van der Waals surface area contributed by atoms with Gasteiger partial charge in [0.05, 0.1) is 5.92 Å². The van der Waals surface area contributed by atoms with Crippen molar-refractivity contribution < 1.29 is 9.53 Å². The van der Waals surface area contributed by atoms with Crippen LogP contribution < -0.4 is 0 Å². The minimum Gasteiger partial charge on any atom is -0.445 e. The fourth-order valence-electron chi connectivity index (χ4n) is 2.93. The van der Waals surface area contributed by atoms with E-state index < -0.39 is 6.10 Å². The van der Waals surface area contributed by atoms with E-state index in [9.17, 15) is 4.79 Å². The molecule has 1 fully saturated rings. The zero-order valence-electron chi connectivity index (χ0n) is 14.5. The first-order chi connectivity index (χ1) is 11.3. The van der Waals surface area contributed by atoms with Crippen LogP contribution in [-0.4, -0.2) is 12.1 Å². The molecule has 2 rings (SSSR count). The van der Waals surface area contributed by atoms with Gasteiger partial charge in [-0.05, 0) is 42.9 Å². The molecule has 0 aliphatic heterocycles. The van der Waals surface area contributed by atoms with Gasteiger partial charge in [-0.3, -0.25) is 4.79 Å². The lowest BCUT2D eigenvalue weighted by Crippen LogP contribution is -2.17. The maximum atomic E-state index is 12.5. The summed E-state index contributed by atoms with van der Waals surface area (Å²) in [6.45, 7) is 8.26. The van der Waals surface area contributed by atoms with Crippen LogP contribution in [0.5, 0.6) is 0 Å². The van der Waals surface area contributed by atoms with E-state index in [-0.39, 0.29) is 23.2 Å². The molecule has 0 radical (unpaired) electrons. The van der Waals surface area contributed by atoms with Crippen molar-refractivity contribution in [3.63, 3.8) is 0 Å². The summed E-state index contributed by atoms with van der Waals surface area (Å²) in [7, 11) is 0. The summed E-state index contributed by atoms with van der Waals surface area (Å²) in [5.74, 6) is 2.41. The van der Waals surface area contributed by atoms with Gasteiger partial charge in [-0.2, -0.15) is 0 Å². The molecule has 1 aromatic rings. The number of ether oxygens (including phenoxy) is 1. The van der Waals surface area contributed by atoms with E-state index in [1.165, 1.54) is 5.57 Å². The number of hydrogen-bond donors (Lipinski definition) is 0. The number of terminal acetylenes is 1. The molecule has 126 valence electrons. The van der Waals surface area contributed by atoms with Crippen LogP contribution in [0.25, 0.3) is 6.08 Å². The fraction of sp³-hybridized carbons (Fsp3) is 0.381. The zero-order valence-corrected chi connectivity index (χ0v) is 16.1. The quantitative estimate of drug-likeness (QED) is 0.392. The smallest absolute Gasteiger partial charge is 0.311 e. The second-order valence-electron chi connectivity index (χ2n) is 6.97. The van der Waals surface area contributed by atoms with Crippen LogP contribution in [0.1, 0.15) is 33.3 Å². The van der Waals surface area contributed by atoms with E-state index in [1.54, 1.807) is 6.08 Å². The van der Waals surface area contributed by atoms with Crippen molar-refractivity contribution in [3.8, 4) is 12.3 Å². The molecule has 3 heteroatoms. The molecule has 0 heterocycles. The summed E-state index contributed by atoms with van der Waals surface area (Å²) in [5.41, 5.74) is 2.13. The summed E-state index contributed by atoms with van der Waals surface area (Å²) in [5, 5.41) is 0. The average Bonchev–Trinajstić information content (AvgIpc) is 3.04. The number of allylic oxidation sites excluding steroid dienone is 2. The first-order valence-corrected chi connectivity index (χ1v) is 8.81. The predicted molar refractivity (Wildman–Crippen MR) is 102 cm³/mol.